The normalized spacial score (nSPS) is 9.48. The molecule has 2 N–H and O–H groups in total. The van der Waals surface area contributed by atoms with E-state index in [1.165, 1.54) is 109 Å². The summed E-state index contributed by atoms with van der Waals surface area (Å²) in [6.07, 6.45) is 0. The second-order valence-electron chi connectivity index (χ2n) is 20.4. The van der Waals surface area contributed by atoms with E-state index in [2.05, 4.69) is 184 Å². The van der Waals surface area contributed by atoms with E-state index in [1.54, 1.807) is 24.3 Å². The van der Waals surface area contributed by atoms with Crippen LogP contribution < -0.4 is 5.73 Å². The van der Waals surface area contributed by atoms with Gasteiger partial charge in [0.1, 0.15) is 0 Å². The van der Waals surface area contributed by atoms with Crippen molar-refractivity contribution in [1.29, 1.82) is 0 Å². The zero-order valence-corrected chi connectivity index (χ0v) is 51.5. The molecule has 0 spiro atoms. The summed E-state index contributed by atoms with van der Waals surface area (Å²) in [5.41, 5.74) is 23.2. The number of nitro benzene ring substituents is 4. The minimum atomic E-state index is -0.660. The molecule has 0 aliphatic rings. The molecule has 13 nitrogen and oxygen atoms in total. The topological polar surface area (TPSA) is 199 Å². The Bertz CT molecular complexity index is 3430. The molecule has 0 aliphatic carbocycles. The number of nitro groups is 4. The third kappa shape index (κ3) is 29.9. The number of non-ortho nitro benzene ring substituents is 3. The number of benzene rings is 10. The van der Waals surface area contributed by atoms with Gasteiger partial charge in [-0.15, -0.1) is 0 Å². The van der Waals surface area contributed by atoms with Crippen LogP contribution in [0.1, 0.15) is 77.9 Å². The predicted molar refractivity (Wildman–Crippen MR) is 353 cm³/mol. The molecule has 0 radical (unpaired) electrons. The molecule has 0 heterocycles. The lowest BCUT2D eigenvalue weighted by Crippen LogP contribution is -1.94. The average molecular weight is 1140 g/mol. The SMILES string of the molecule is Cc1cc(C)c(C)cc1C.Cc1ccc(C)cc1.Cc1ccc(C)cc1.Cc1ccc(N)cc1.Cc1ccc([N+](=O)[O-])cc1.Cc1ccc([N+](=O)[O-])cc1[N+](=O)[O-].Cc1ccc2ccccc2c1.Cc1cccc([N+](=O)[O-])c1.Cc1ccccc1. The van der Waals surface area contributed by atoms with Crippen LogP contribution in [0.5, 0.6) is 0 Å². The van der Waals surface area contributed by atoms with Crippen molar-refractivity contribution in [3.05, 3.63) is 343 Å². The highest BCUT2D eigenvalue weighted by Gasteiger charge is 2.16. The molecule has 85 heavy (non-hydrogen) atoms. The molecule has 0 aliphatic heterocycles. The maximum absolute atomic E-state index is 10.4. The Labute approximate surface area is 502 Å². The Balaban J connectivity index is 0.000000328. The van der Waals surface area contributed by atoms with Crippen molar-refractivity contribution in [2.24, 2.45) is 0 Å². The number of hydrogen-bond acceptors (Lipinski definition) is 9. The summed E-state index contributed by atoms with van der Waals surface area (Å²) in [5.74, 6) is 0. The molecule has 10 rings (SSSR count). The van der Waals surface area contributed by atoms with Crippen LogP contribution in [0.4, 0.5) is 28.4 Å². The number of anilines is 1. The number of nitrogens with zero attached hydrogens (tertiary/aromatic N) is 4. The summed E-state index contributed by atoms with van der Waals surface area (Å²) >= 11 is 0. The van der Waals surface area contributed by atoms with Gasteiger partial charge in [0.15, 0.2) is 0 Å². The number of hydrogen-bond donors (Lipinski definition) is 1. The zero-order valence-electron chi connectivity index (χ0n) is 51.5. The second-order valence-corrected chi connectivity index (χ2v) is 20.4. The number of rotatable bonds is 4. The zero-order chi connectivity index (χ0) is 63.6. The molecule has 442 valence electrons. The van der Waals surface area contributed by atoms with Crippen LogP contribution in [0.3, 0.4) is 0 Å². The Morgan fingerprint density at radius 3 is 0.918 bits per heavy atom. The van der Waals surface area contributed by atoms with Crippen LogP contribution in [0.15, 0.2) is 224 Å². The minimum Gasteiger partial charge on any atom is -0.399 e. The molecule has 10 aromatic rings. The van der Waals surface area contributed by atoms with Crippen LogP contribution in [-0.4, -0.2) is 19.7 Å². The van der Waals surface area contributed by atoms with Gasteiger partial charge in [0.05, 0.1) is 25.8 Å². The fourth-order valence-corrected chi connectivity index (χ4v) is 7.10. The van der Waals surface area contributed by atoms with Crippen molar-refractivity contribution in [2.75, 3.05) is 5.73 Å². The third-order valence-electron chi connectivity index (χ3n) is 12.5. The average Bonchev–Trinajstić information content (AvgIpc) is 3.68. The van der Waals surface area contributed by atoms with Gasteiger partial charge >= 0.3 is 0 Å². The quantitative estimate of drug-likeness (QED) is 0.101. The van der Waals surface area contributed by atoms with Gasteiger partial charge in [0.2, 0.25) is 0 Å². The van der Waals surface area contributed by atoms with Gasteiger partial charge in [-0.3, -0.25) is 40.5 Å². The molecular weight excluding hydrogens is 1060 g/mol. The van der Waals surface area contributed by atoms with E-state index >= 15 is 0 Å². The molecule has 13 heteroatoms. The van der Waals surface area contributed by atoms with E-state index in [0.717, 1.165) is 22.9 Å². The highest BCUT2D eigenvalue weighted by atomic mass is 16.6. The van der Waals surface area contributed by atoms with E-state index < -0.39 is 19.7 Å². The van der Waals surface area contributed by atoms with Gasteiger partial charge in [-0.05, 0) is 154 Å². The van der Waals surface area contributed by atoms with E-state index in [-0.39, 0.29) is 22.7 Å². The fraction of sp³-hybridized carbons (Fsp3) is 0.194. The van der Waals surface area contributed by atoms with E-state index in [9.17, 15) is 40.5 Å². The number of fused-ring (bicyclic) bond motifs is 1. The smallest absolute Gasteiger partial charge is 0.279 e. The summed E-state index contributed by atoms with van der Waals surface area (Å²) in [6.45, 7) is 28.5. The van der Waals surface area contributed by atoms with Crippen molar-refractivity contribution >= 4 is 39.2 Å². The van der Waals surface area contributed by atoms with Crippen LogP contribution in [0.25, 0.3) is 10.8 Å². The van der Waals surface area contributed by atoms with Crippen molar-refractivity contribution in [3.8, 4) is 0 Å². The van der Waals surface area contributed by atoms with E-state index in [4.69, 9.17) is 5.73 Å². The molecule has 0 aromatic heterocycles. The first-order valence-electron chi connectivity index (χ1n) is 27.4. The molecule has 10 aromatic carbocycles. The van der Waals surface area contributed by atoms with Gasteiger partial charge in [0, 0.05) is 41.6 Å². The maximum atomic E-state index is 10.4. The van der Waals surface area contributed by atoms with Gasteiger partial charge in [0.25, 0.3) is 22.7 Å². The van der Waals surface area contributed by atoms with Crippen molar-refractivity contribution in [3.63, 3.8) is 0 Å². The van der Waals surface area contributed by atoms with Gasteiger partial charge < -0.3 is 5.73 Å². The molecule has 0 unspecified atom stereocenters. The van der Waals surface area contributed by atoms with Crippen LogP contribution in [0.2, 0.25) is 0 Å². The standard InChI is InChI=1S/C11H10.C10H14.2C8H10.C7H6N2O4.2C7H7NO2.C7H9N.C7H8/c1-9-6-7-10-4-2-3-5-11(10)8-9;1-7-5-9(3)10(4)6-8(7)2;2*1-7-3-5-8(2)6-4-7;1-5-2-3-6(8(10)11)4-7(5)9(12)13;1-6-2-4-7(5-3-6)8(9)10;1-6-3-2-4-7(5-6)8(9)10;1-6-2-4-7(8)5-3-6;1-7-5-3-2-4-6-7/h2-8H,1H3;5-6H,1-4H3;2*3-6H,1-2H3;2-4H,1H3;2*2-5H,1H3;2-5H,8H2,1H3;2-6H,1H3. The first-order chi connectivity index (χ1) is 40.1. The lowest BCUT2D eigenvalue weighted by molar-refractivity contribution is -0.394. The summed E-state index contributed by atoms with van der Waals surface area (Å²) < 4.78 is 0. The van der Waals surface area contributed by atoms with Crippen molar-refractivity contribution in [1.82, 2.24) is 0 Å². The molecule has 0 saturated carbocycles. The third-order valence-corrected chi connectivity index (χ3v) is 12.5. The molecule has 0 saturated heterocycles. The number of aryl methyl sites for hydroxylation is 14. The Hall–Kier alpha value is -10.1. The minimum absolute atomic E-state index is 0.144. The Morgan fingerprint density at radius 1 is 0.247 bits per heavy atom. The van der Waals surface area contributed by atoms with Crippen LogP contribution in [0, 0.1) is 137 Å². The molecular formula is C72H81N5O8. The predicted octanol–water partition coefficient (Wildman–Crippen LogP) is 19.9. The largest absolute Gasteiger partial charge is 0.399 e. The summed E-state index contributed by atoms with van der Waals surface area (Å²) in [7, 11) is 0. The fourth-order valence-electron chi connectivity index (χ4n) is 7.10. The van der Waals surface area contributed by atoms with E-state index in [1.807, 2.05) is 69.3 Å². The second kappa shape index (κ2) is 37.8. The van der Waals surface area contributed by atoms with Gasteiger partial charge in [-0.1, -0.05) is 214 Å². The van der Waals surface area contributed by atoms with Crippen molar-refractivity contribution in [2.45, 2.75) is 96.9 Å². The summed E-state index contributed by atoms with van der Waals surface area (Å²) in [4.78, 5) is 38.8. The van der Waals surface area contributed by atoms with E-state index in [0.29, 0.717) is 5.56 Å². The summed E-state index contributed by atoms with van der Waals surface area (Å²) in [5, 5.41) is 43.6. The van der Waals surface area contributed by atoms with Gasteiger partial charge in [-0.25, -0.2) is 0 Å². The van der Waals surface area contributed by atoms with Gasteiger partial charge in [-0.2, -0.15) is 0 Å². The molecule has 0 atom stereocenters. The molecule has 0 fully saturated rings. The highest BCUT2D eigenvalue weighted by molar-refractivity contribution is 5.82. The lowest BCUT2D eigenvalue weighted by atomic mass is 10.0. The first-order valence-corrected chi connectivity index (χ1v) is 27.4. The van der Waals surface area contributed by atoms with Crippen molar-refractivity contribution < 1.29 is 19.7 Å². The highest BCUT2D eigenvalue weighted by Crippen LogP contribution is 2.23. The Kier molecular flexibility index (Phi) is 31.6. The number of nitrogens with two attached hydrogens (primary N) is 1. The number of nitrogen functional groups attached to an aromatic ring is 1. The first kappa shape index (κ1) is 71.0. The monoisotopic (exact) mass is 1140 g/mol. The Morgan fingerprint density at radius 2 is 0.565 bits per heavy atom. The van der Waals surface area contributed by atoms with Crippen LogP contribution >= 0.6 is 0 Å². The summed E-state index contributed by atoms with van der Waals surface area (Å²) in [6, 6.07) is 70.9. The lowest BCUT2D eigenvalue weighted by Gasteiger charge is -2.04. The molecule has 0 amide bonds. The maximum Gasteiger partial charge on any atom is 0.279 e. The van der Waals surface area contributed by atoms with Crippen LogP contribution in [-0.2, 0) is 0 Å². The molecule has 0 bridgehead atoms.